The molecular formula is C22H28N4O2. The van der Waals surface area contributed by atoms with Gasteiger partial charge in [-0.25, -0.2) is 5.43 Å². The number of hydrazone groups is 1. The Labute approximate surface area is 166 Å². The molecule has 0 saturated carbocycles. The lowest BCUT2D eigenvalue weighted by atomic mass is 10.0. The van der Waals surface area contributed by atoms with Crippen LogP contribution in [-0.2, 0) is 11.3 Å². The predicted octanol–water partition coefficient (Wildman–Crippen LogP) is 3.33. The van der Waals surface area contributed by atoms with Crippen molar-refractivity contribution in [3.8, 4) is 5.75 Å². The number of rotatable bonds is 7. The number of nitrogens with one attached hydrogen (secondary N) is 2. The third kappa shape index (κ3) is 5.82. The van der Waals surface area contributed by atoms with Gasteiger partial charge in [-0.15, -0.1) is 0 Å². The molecule has 2 aromatic carbocycles. The van der Waals surface area contributed by atoms with E-state index in [2.05, 4.69) is 20.7 Å². The number of piperidine rings is 1. The quantitative estimate of drug-likeness (QED) is 0.509. The number of carbonyl (C=O) groups excluding carboxylic acids is 1. The number of phenols is 1. The Kier molecular flexibility index (Phi) is 7.03. The van der Waals surface area contributed by atoms with Gasteiger partial charge in [0.1, 0.15) is 5.75 Å². The molecule has 2 aromatic rings. The van der Waals surface area contributed by atoms with Gasteiger partial charge in [-0.1, -0.05) is 24.6 Å². The van der Waals surface area contributed by atoms with Crippen molar-refractivity contribution in [1.29, 1.82) is 0 Å². The molecule has 0 aliphatic carbocycles. The zero-order valence-corrected chi connectivity index (χ0v) is 16.3. The third-order valence-electron chi connectivity index (χ3n) is 4.92. The lowest BCUT2D eigenvalue weighted by Gasteiger charge is -2.26. The van der Waals surface area contributed by atoms with E-state index in [0.717, 1.165) is 36.4 Å². The Morgan fingerprint density at radius 2 is 1.86 bits per heavy atom. The van der Waals surface area contributed by atoms with Gasteiger partial charge in [0.05, 0.1) is 12.3 Å². The van der Waals surface area contributed by atoms with Crippen molar-refractivity contribution >= 4 is 17.3 Å². The Bertz CT molecular complexity index is 815. The normalized spacial score (nSPS) is 15.2. The molecule has 0 aromatic heterocycles. The van der Waals surface area contributed by atoms with Crippen molar-refractivity contribution in [3.63, 3.8) is 0 Å². The summed E-state index contributed by atoms with van der Waals surface area (Å²) in [5.41, 5.74) is 5.95. The molecule has 1 aliphatic heterocycles. The van der Waals surface area contributed by atoms with E-state index in [1.54, 1.807) is 6.07 Å². The number of benzene rings is 2. The molecule has 1 heterocycles. The minimum absolute atomic E-state index is 0.149. The molecule has 0 bridgehead atoms. The SMILES string of the molecule is C/C(=N\NC(=O)CNc1ccccc1)c1ccc(O)c(CN2CCCCC2)c1. The first-order valence-electron chi connectivity index (χ1n) is 9.78. The van der Waals surface area contributed by atoms with Crippen LogP contribution in [0.5, 0.6) is 5.75 Å². The largest absolute Gasteiger partial charge is 0.508 e. The highest BCUT2D eigenvalue weighted by Crippen LogP contribution is 2.22. The molecule has 0 radical (unpaired) electrons. The molecule has 0 atom stereocenters. The van der Waals surface area contributed by atoms with Gasteiger partial charge in [-0.2, -0.15) is 5.10 Å². The second-order valence-electron chi connectivity index (χ2n) is 7.13. The van der Waals surface area contributed by atoms with Gasteiger partial charge < -0.3 is 10.4 Å². The molecule has 148 valence electrons. The Hall–Kier alpha value is -2.86. The molecule has 28 heavy (non-hydrogen) atoms. The molecule has 6 heteroatoms. The first-order valence-corrected chi connectivity index (χ1v) is 9.78. The van der Waals surface area contributed by atoms with Crippen LogP contribution in [0, 0.1) is 0 Å². The number of aromatic hydroxyl groups is 1. The summed E-state index contributed by atoms with van der Waals surface area (Å²) in [4.78, 5) is 14.4. The highest BCUT2D eigenvalue weighted by Gasteiger charge is 2.13. The van der Waals surface area contributed by atoms with Crippen LogP contribution >= 0.6 is 0 Å². The van der Waals surface area contributed by atoms with Gasteiger partial charge >= 0.3 is 0 Å². The fourth-order valence-corrected chi connectivity index (χ4v) is 3.28. The summed E-state index contributed by atoms with van der Waals surface area (Å²) in [6, 6.07) is 15.0. The van der Waals surface area contributed by atoms with Crippen LogP contribution in [0.2, 0.25) is 0 Å². The maximum Gasteiger partial charge on any atom is 0.259 e. The van der Waals surface area contributed by atoms with Crippen LogP contribution in [-0.4, -0.2) is 41.3 Å². The standard InChI is InChI=1S/C22H28N4O2/c1-17(24-25-22(28)15-23-20-8-4-2-5-9-20)18-10-11-21(27)19(14-18)16-26-12-6-3-7-13-26/h2,4-5,8-11,14,23,27H,3,6-7,12-13,15-16H2,1H3,(H,25,28)/b24-17+. The van der Waals surface area contributed by atoms with Gasteiger partial charge in [0.15, 0.2) is 0 Å². The average molecular weight is 380 g/mol. The molecule has 3 N–H and O–H groups in total. The van der Waals surface area contributed by atoms with E-state index >= 15 is 0 Å². The van der Waals surface area contributed by atoms with E-state index in [1.807, 2.05) is 49.4 Å². The minimum Gasteiger partial charge on any atom is -0.508 e. The molecular weight excluding hydrogens is 352 g/mol. The summed E-state index contributed by atoms with van der Waals surface area (Å²) in [5.74, 6) is 0.0914. The topological polar surface area (TPSA) is 77.0 Å². The van der Waals surface area contributed by atoms with Crippen LogP contribution in [0.25, 0.3) is 0 Å². The van der Waals surface area contributed by atoms with E-state index in [9.17, 15) is 9.90 Å². The van der Waals surface area contributed by atoms with Crippen molar-refractivity contribution in [3.05, 3.63) is 59.7 Å². The van der Waals surface area contributed by atoms with Crippen molar-refractivity contribution in [1.82, 2.24) is 10.3 Å². The number of hydrogen-bond donors (Lipinski definition) is 3. The number of hydrogen-bond acceptors (Lipinski definition) is 5. The number of nitrogens with zero attached hydrogens (tertiary/aromatic N) is 2. The van der Waals surface area contributed by atoms with Gasteiger partial charge in [-0.3, -0.25) is 9.69 Å². The minimum atomic E-state index is -0.212. The van der Waals surface area contributed by atoms with Crippen molar-refractivity contribution in [2.45, 2.75) is 32.7 Å². The zero-order valence-electron chi connectivity index (χ0n) is 16.3. The monoisotopic (exact) mass is 380 g/mol. The van der Waals surface area contributed by atoms with E-state index in [0.29, 0.717) is 11.5 Å². The van der Waals surface area contributed by atoms with Crippen LogP contribution in [0.1, 0.15) is 37.3 Å². The van der Waals surface area contributed by atoms with Crippen molar-refractivity contribution in [2.75, 3.05) is 25.0 Å². The summed E-state index contributed by atoms with van der Waals surface area (Å²) in [6.07, 6.45) is 3.71. The molecule has 1 amide bonds. The Morgan fingerprint density at radius 1 is 1.11 bits per heavy atom. The van der Waals surface area contributed by atoms with Crippen molar-refractivity contribution in [2.24, 2.45) is 5.10 Å². The number of para-hydroxylation sites is 1. The van der Waals surface area contributed by atoms with Crippen molar-refractivity contribution < 1.29 is 9.90 Å². The highest BCUT2D eigenvalue weighted by atomic mass is 16.3. The summed E-state index contributed by atoms with van der Waals surface area (Å²) >= 11 is 0. The number of carbonyl (C=O) groups is 1. The number of likely N-dealkylation sites (tertiary alicyclic amines) is 1. The molecule has 1 fully saturated rings. The molecule has 0 spiro atoms. The van der Waals surface area contributed by atoms with E-state index in [4.69, 9.17) is 0 Å². The van der Waals surface area contributed by atoms with Crippen LogP contribution < -0.4 is 10.7 Å². The lowest BCUT2D eigenvalue weighted by Crippen LogP contribution is -2.29. The summed E-state index contributed by atoms with van der Waals surface area (Å²) in [6.45, 7) is 4.88. The third-order valence-corrected chi connectivity index (χ3v) is 4.92. The second kappa shape index (κ2) is 9.90. The smallest absolute Gasteiger partial charge is 0.259 e. The summed E-state index contributed by atoms with van der Waals surface area (Å²) < 4.78 is 0. The first kappa shape index (κ1) is 19.9. The average Bonchev–Trinajstić information content (AvgIpc) is 2.73. The predicted molar refractivity (Wildman–Crippen MR) is 113 cm³/mol. The zero-order chi connectivity index (χ0) is 19.8. The number of amides is 1. The first-order chi connectivity index (χ1) is 13.6. The Balaban J connectivity index is 1.57. The van der Waals surface area contributed by atoms with E-state index in [-0.39, 0.29) is 12.5 Å². The fourth-order valence-electron chi connectivity index (χ4n) is 3.28. The van der Waals surface area contributed by atoms with E-state index < -0.39 is 0 Å². The summed E-state index contributed by atoms with van der Waals surface area (Å²) in [5, 5.41) is 17.5. The summed E-state index contributed by atoms with van der Waals surface area (Å²) in [7, 11) is 0. The maximum absolute atomic E-state index is 12.0. The number of phenolic OH excluding ortho intramolecular Hbond substituents is 1. The second-order valence-corrected chi connectivity index (χ2v) is 7.13. The maximum atomic E-state index is 12.0. The van der Waals surface area contributed by atoms with Gasteiger partial charge in [0.25, 0.3) is 5.91 Å². The van der Waals surface area contributed by atoms with Gasteiger partial charge in [0, 0.05) is 17.8 Å². The molecule has 3 rings (SSSR count). The molecule has 6 nitrogen and oxygen atoms in total. The van der Waals surface area contributed by atoms with E-state index in [1.165, 1.54) is 19.3 Å². The fraction of sp³-hybridized carbons (Fsp3) is 0.364. The molecule has 1 saturated heterocycles. The van der Waals surface area contributed by atoms with Crippen LogP contribution in [0.15, 0.2) is 53.6 Å². The molecule has 0 unspecified atom stereocenters. The van der Waals surface area contributed by atoms with Crippen LogP contribution in [0.3, 0.4) is 0 Å². The highest BCUT2D eigenvalue weighted by molar-refractivity contribution is 5.99. The Morgan fingerprint density at radius 3 is 2.61 bits per heavy atom. The van der Waals surface area contributed by atoms with Crippen LogP contribution in [0.4, 0.5) is 5.69 Å². The van der Waals surface area contributed by atoms with Gasteiger partial charge in [0.2, 0.25) is 0 Å². The number of anilines is 1. The van der Waals surface area contributed by atoms with Gasteiger partial charge in [-0.05, 0) is 68.8 Å². The molecule has 1 aliphatic rings. The lowest BCUT2D eigenvalue weighted by molar-refractivity contribution is -0.119.